The topological polar surface area (TPSA) is 75.5 Å². The highest BCUT2D eigenvalue weighted by atomic mass is 35.5. The van der Waals surface area contributed by atoms with Crippen molar-refractivity contribution in [2.24, 2.45) is 7.05 Å². The lowest BCUT2D eigenvalue weighted by atomic mass is 9.76. The van der Waals surface area contributed by atoms with E-state index in [0.29, 0.717) is 48.2 Å². The van der Waals surface area contributed by atoms with Crippen LogP contribution in [0.25, 0.3) is 0 Å². The third-order valence-electron chi connectivity index (χ3n) is 7.03. The van der Waals surface area contributed by atoms with Gasteiger partial charge in [-0.1, -0.05) is 42.5 Å². The predicted octanol–water partition coefficient (Wildman–Crippen LogP) is 4.82. The molecule has 0 radical (unpaired) electrons. The van der Waals surface area contributed by atoms with Gasteiger partial charge in [0.15, 0.2) is 10.8 Å². The van der Waals surface area contributed by atoms with Crippen LogP contribution < -0.4 is 0 Å². The number of aryl methyl sites for hydroxylation is 1. The Balaban J connectivity index is 0.00000324. The van der Waals surface area contributed by atoms with E-state index in [-0.39, 0.29) is 28.8 Å². The fourth-order valence-corrected chi connectivity index (χ4v) is 7.09. The van der Waals surface area contributed by atoms with Gasteiger partial charge in [-0.3, -0.25) is 9.69 Å². The fraction of sp³-hybridized carbons (Fsp3) is 0.565. The van der Waals surface area contributed by atoms with Crippen molar-refractivity contribution < 1.29 is 13.2 Å². The molecule has 0 unspecified atom stereocenters. The third-order valence-corrected chi connectivity index (χ3v) is 9.36. The normalized spacial score (nSPS) is 19.5. The molecule has 188 valence electrons. The van der Waals surface area contributed by atoms with Gasteiger partial charge in [-0.2, -0.15) is 4.31 Å². The van der Waals surface area contributed by atoms with Gasteiger partial charge in [0.05, 0.1) is 11.3 Å². The summed E-state index contributed by atoms with van der Waals surface area (Å²) in [6.07, 6.45) is 9.72. The highest BCUT2D eigenvalue weighted by Crippen LogP contribution is 2.39. The number of carbonyl (C=O) groups is 1. The highest BCUT2D eigenvalue weighted by Gasteiger charge is 2.41. The molecule has 1 aromatic carbocycles. The van der Waals surface area contributed by atoms with E-state index >= 15 is 0 Å². The van der Waals surface area contributed by atoms with Crippen LogP contribution in [0.4, 0.5) is 0 Å². The molecule has 34 heavy (non-hydrogen) atoms. The minimum Gasteiger partial charge on any atom is -0.339 e. The summed E-state index contributed by atoms with van der Waals surface area (Å²) >= 11 is 12.2. The molecule has 0 amide bonds. The van der Waals surface area contributed by atoms with E-state index < -0.39 is 10.0 Å². The van der Waals surface area contributed by atoms with Crippen molar-refractivity contribution in [1.82, 2.24) is 18.8 Å². The second-order valence-corrected chi connectivity index (χ2v) is 11.8. The van der Waals surface area contributed by atoms with E-state index in [2.05, 4.69) is 9.88 Å². The van der Waals surface area contributed by atoms with Crippen LogP contribution in [-0.4, -0.2) is 64.7 Å². The van der Waals surface area contributed by atoms with Gasteiger partial charge in [0.2, 0.25) is 0 Å². The standard InChI is InChI=1S/C23H30Cl2N4O3S.ClH/c1-27-16-22(26-17-27)33(31,32)29-13-11-28(12-14-29)23(8-3-2-4-9-23)10-7-21(30)19-6-5-18(24)15-20(19)25;/h5-6,15-17H,2-4,7-14H2,1H3;1H. The maximum absolute atomic E-state index is 13.0. The van der Waals surface area contributed by atoms with Crippen LogP contribution in [0, 0.1) is 0 Å². The summed E-state index contributed by atoms with van der Waals surface area (Å²) in [5, 5.41) is 0.994. The van der Waals surface area contributed by atoms with Gasteiger partial charge in [-0.15, -0.1) is 12.4 Å². The SMILES string of the molecule is Cl.Cn1cnc(S(=O)(=O)N2CCN(C3(CCC(=O)c4ccc(Cl)cc4Cl)CCCCC3)CC2)c1. The Labute approximate surface area is 217 Å². The van der Waals surface area contributed by atoms with Gasteiger partial charge in [-0.25, -0.2) is 13.4 Å². The summed E-state index contributed by atoms with van der Waals surface area (Å²) in [7, 11) is -1.83. The molecular weight excluding hydrogens is 519 g/mol. The van der Waals surface area contributed by atoms with Crippen LogP contribution >= 0.6 is 35.6 Å². The summed E-state index contributed by atoms with van der Waals surface area (Å²) in [4.78, 5) is 19.4. The number of hydrogen-bond acceptors (Lipinski definition) is 5. The van der Waals surface area contributed by atoms with Gasteiger partial charge in [0, 0.05) is 62.0 Å². The smallest absolute Gasteiger partial charge is 0.262 e. The Morgan fingerprint density at radius 3 is 2.35 bits per heavy atom. The average Bonchev–Trinajstić information content (AvgIpc) is 3.25. The lowest BCUT2D eigenvalue weighted by Gasteiger charge is -2.49. The van der Waals surface area contributed by atoms with Gasteiger partial charge in [0.25, 0.3) is 10.0 Å². The van der Waals surface area contributed by atoms with E-state index in [1.54, 1.807) is 29.8 Å². The number of aromatic nitrogens is 2. The summed E-state index contributed by atoms with van der Waals surface area (Å²) in [6.45, 7) is 2.17. The molecule has 7 nitrogen and oxygen atoms in total. The number of Topliss-reactive ketones (excluding diaryl/α,β-unsaturated/α-hetero) is 1. The predicted molar refractivity (Wildman–Crippen MR) is 137 cm³/mol. The van der Waals surface area contributed by atoms with Crippen molar-refractivity contribution in [1.29, 1.82) is 0 Å². The zero-order valence-electron chi connectivity index (χ0n) is 19.3. The quantitative estimate of drug-likeness (QED) is 0.463. The number of rotatable bonds is 7. The van der Waals surface area contributed by atoms with Crippen molar-refractivity contribution in [2.45, 2.75) is 55.5 Å². The first-order valence-electron chi connectivity index (χ1n) is 11.4. The maximum Gasteiger partial charge on any atom is 0.262 e. The third kappa shape index (κ3) is 5.79. The van der Waals surface area contributed by atoms with E-state index in [4.69, 9.17) is 23.2 Å². The first-order valence-corrected chi connectivity index (χ1v) is 13.6. The molecule has 1 aromatic heterocycles. The lowest BCUT2D eigenvalue weighted by molar-refractivity contribution is 0.0165. The van der Waals surface area contributed by atoms with E-state index in [1.165, 1.54) is 23.3 Å². The van der Waals surface area contributed by atoms with Crippen LogP contribution in [0.15, 0.2) is 35.7 Å². The second kappa shape index (κ2) is 11.3. The molecule has 2 aromatic rings. The number of nitrogens with zero attached hydrogens (tertiary/aromatic N) is 4. The Bertz CT molecular complexity index is 1110. The number of ketones is 1. The molecule has 0 N–H and O–H groups in total. The van der Waals surface area contributed by atoms with Crippen molar-refractivity contribution in [3.8, 4) is 0 Å². The molecule has 2 fully saturated rings. The fourth-order valence-electron chi connectivity index (χ4n) is 5.19. The monoisotopic (exact) mass is 548 g/mol. The Morgan fingerprint density at radius 2 is 1.76 bits per heavy atom. The van der Waals surface area contributed by atoms with E-state index in [9.17, 15) is 13.2 Å². The average molecular weight is 550 g/mol. The Morgan fingerprint density at radius 1 is 1.09 bits per heavy atom. The summed E-state index contributed by atoms with van der Waals surface area (Å²) in [5.74, 6) is 0.0259. The number of hydrogen-bond donors (Lipinski definition) is 0. The molecule has 0 atom stereocenters. The minimum atomic E-state index is -3.59. The molecule has 1 saturated heterocycles. The molecule has 1 saturated carbocycles. The van der Waals surface area contributed by atoms with Crippen molar-refractivity contribution in [3.05, 3.63) is 46.3 Å². The van der Waals surface area contributed by atoms with E-state index in [1.807, 2.05) is 0 Å². The van der Waals surface area contributed by atoms with Gasteiger partial charge >= 0.3 is 0 Å². The molecule has 2 aliphatic rings. The number of piperazine rings is 1. The number of carbonyl (C=O) groups excluding carboxylic acids is 1. The molecule has 0 spiro atoms. The van der Waals surface area contributed by atoms with Crippen LogP contribution in [0.5, 0.6) is 0 Å². The van der Waals surface area contributed by atoms with Crippen LogP contribution in [0.2, 0.25) is 10.0 Å². The number of halogens is 3. The molecule has 0 bridgehead atoms. The minimum absolute atomic E-state index is 0. The van der Waals surface area contributed by atoms with Crippen molar-refractivity contribution in [2.75, 3.05) is 26.2 Å². The molecule has 2 heterocycles. The van der Waals surface area contributed by atoms with E-state index in [0.717, 1.165) is 32.1 Å². The molecule has 1 aliphatic heterocycles. The molecule has 1 aliphatic carbocycles. The lowest BCUT2D eigenvalue weighted by Crippen LogP contribution is -2.58. The number of benzene rings is 1. The van der Waals surface area contributed by atoms with Gasteiger partial charge in [-0.05, 0) is 37.5 Å². The second-order valence-electron chi connectivity index (χ2n) is 9.10. The first kappa shape index (κ1) is 27.4. The van der Waals surface area contributed by atoms with Crippen LogP contribution in [-0.2, 0) is 17.1 Å². The van der Waals surface area contributed by atoms with Crippen LogP contribution in [0.1, 0.15) is 55.3 Å². The first-order chi connectivity index (χ1) is 15.7. The summed E-state index contributed by atoms with van der Waals surface area (Å²) < 4.78 is 29.1. The molecule has 4 rings (SSSR count). The summed E-state index contributed by atoms with van der Waals surface area (Å²) in [6, 6.07) is 4.99. The summed E-state index contributed by atoms with van der Waals surface area (Å²) in [5.41, 5.74) is 0.437. The number of imidazole rings is 1. The number of sulfonamides is 1. The highest BCUT2D eigenvalue weighted by molar-refractivity contribution is 7.89. The zero-order valence-corrected chi connectivity index (χ0v) is 22.4. The maximum atomic E-state index is 13.0. The Kier molecular flexibility index (Phi) is 9.09. The van der Waals surface area contributed by atoms with Crippen LogP contribution in [0.3, 0.4) is 0 Å². The van der Waals surface area contributed by atoms with Gasteiger partial charge < -0.3 is 4.57 Å². The van der Waals surface area contributed by atoms with Crippen molar-refractivity contribution in [3.63, 3.8) is 0 Å². The Hall–Kier alpha value is -1.16. The zero-order chi connectivity index (χ0) is 23.6. The van der Waals surface area contributed by atoms with Gasteiger partial charge in [0.1, 0.15) is 0 Å². The van der Waals surface area contributed by atoms with Crippen molar-refractivity contribution >= 4 is 51.4 Å². The largest absolute Gasteiger partial charge is 0.339 e. The molecular formula is C23H31Cl3N4O3S. The molecule has 11 heteroatoms.